The molecule has 0 spiro atoms. The average molecular weight is 513 g/mol. The molecule has 3 aromatic carbocycles. The fourth-order valence-electron chi connectivity index (χ4n) is 3.16. The number of aromatic amines is 1. The topological polar surface area (TPSA) is 70.9 Å². The van der Waals surface area contributed by atoms with E-state index in [9.17, 15) is 9.65 Å². The first-order valence-electron chi connectivity index (χ1n) is 9.49. The summed E-state index contributed by atoms with van der Waals surface area (Å²) >= 11 is 9.73. The van der Waals surface area contributed by atoms with E-state index in [0.29, 0.717) is 49.0 Å². The number of methoxy groups -OCH3 is 1. The number of rotatable bonds is 6. The second-order valence-corrected chi connectivity index (χ2v) is 8.09. The maximum absolute atomic E-state index is 13.5. The van der Waals surface area contributed by atoms with Gasteiger partial charge in [0.25, 0.3) is 0 Å². The first-order valence-corrected chi connectivity index (χ1v) is 10.7. The van der Waals surface area contributed by atoms with Crippen LogP contribution in [0.15, 0.2) is 59.1 Å². The quantitative estimate of drug-likeness (QED) is 0.289. The molecule has 8 heteroatoms. The van der Waals surface area contributed by atoms with Crippen molar-refractivity contribution in [1.29, 1.82) is 5.26 Å². The van der Waals surface area contributed by atoms with Crippen molar-refractivity contribution in [2.75, 3.05) is 7.11 Å². The number of hydrogen-bond donors (Lipinski definition) is 1. The molecule has 4 rings (SSSR count). The summed E-state index contributed by atoms with van der Waals surface area (Å²) in [5.41, 5.74) is 2.93. The van der Waals surface area contributed by atoms with E-state index in [0.717, 1.165) is 5.56 Å². The highest BCUT2D eigenvalue weighted by Crippen LogP contribution is 2.38. The number of H-pyrrole nitrogens is 1. The molecule has 0 aliphatic rings. The van der Waals surface area contributed by atoms with Crippen molar-refractivity contribution in [2.24, 2.45) is 0 Å². The fourth-order valence-corrected chi connectivity index (χ4v) is 3.92. The second-order valence-electron chi connectivity index (χ2n) is 6.83. The lowest BCUT2D eigenvalue weighted by molar-refractivity contribution is 0.282. The van der Waals surface area contributed by atoms with Crippen LogP contribution in [0, 0.1) is 17.1 Å². The first-order chi connectivity index (χ1) is 15.5. The third kappa shape index (κ3) is 4.62. The molecule has 0 amide bonds. The van der Waals surface area contributed by atoms with Crippen molar-refractivity contribution in [1.82, 2.24) is 9.97 Å². The highest BCUT2D eigenvalue weighted by Gasteiger charge is 2.14. The van der Waals surface area contributed by atoms with E-state index >= 15 is 0 Å². The molecule has 0 aliphatic heterocycles. The van der Waals surface area contributed by atoms with Crippen LogP contribution in [0.4, 0.5) is 4.39 Å². The summed E-state index contributed by atoms with van der Waals surface area (Å²) in [4.78, 5) is 7.37. The van der Waals surface area contributed by atoms with Gasteiger partial charge in [-0.15, -0.1) is 0 Å². The van der Waals surface area contributed by atoms with Crippen LogP contribution in [-0.2, 0) is 6.61 Å². The monoisotopic (exact) mass is 511 g/mol. The Morgan fingerprint density at radius 3 is 2.81 bits per heavy atom. The molecular weight excluding hydrogens is 497 g/mol. The number of aromatic nitrogens is 2. The maximum Gasteiger partial charge on any atom is 0.175 e. The molecule has 160 valence electrons. The summed E-state index contributed by atoms with van der Waals surface area (Å²) in [5.74, 6) is 0.974. The minimum atomic E-state index is -0.378. The molecule has 4 aromatic rings. The zero-order chi connectivity index (χ0) is 22.7. The molecule has 0 saturated heterocycles. The van der Waals surface area contributed by atoms with Gasteiger partial charge in [-0.2, -0.15) is 5.26 Å². The number of halogens is 3. The molecule has 0 bridgehead atoms. The van der Waals surface area contributed by atoms with Crippen molar-refractivity contribution >= 4 is 50.2 Å². The Labute approximate surface area is 197 Å². The summed E-state index contributed by atoms with van der Waals surface area (Å²) in [6.07, 6.45) is 1.67. The van der Waals surface area contributed by atoms with Gasteiger partial charge in [-0.25, -0.2) is 9.37 Å². The summed E-state index contributed by atoms with van der Waals surface area (Å²) in [6.45, 7) is 0.267. The Morgan fingerprint density at radius 1 is 1.25 bits per heavy atom. The molecule has 0 fully saturated rings. The Kier molecular flexibility index (Phi) is 6.45. The van der Waals surface area contributed by atoms with E-state index < -0.39 is 0 Å². The van der Waals surface area contributed by atoms with Gasteiger partial charge < -0.3 is 14.5 Å². The zero-order valence-corrected chi connectivity index (χ0v) is 19.2. The van der Waals surface area contributed by atoms with Crippen LogP contribution in [0.2, 0.25) is 5.02 Å². The SMILES string of the molecule is COc1cc(/C=C(\C#N)c2nc3ccc(F)cc3[nH]2)cc(Br)c1OCc1ccccc1Cl. The number of fused-ring (bicyclic) bond motifs is 1. The summed E-state index contributed by atoms with van der Waals surface area (Å²) in [5, 5.41) is 10.3. The van der Waals surface area contributed by atoms with E-state index in [2.05, 4.69) is 32.0 Å². The van der Waals surface area contributed by atoms with E-state index in [-0.39, 0.29) is 12.4 Å². The smallest absolute Gasteiger partial charge is 0.175 e. The number of nitriles is 1. The summed E-state index contributed by atoms with van der Waals surface area (Å²) in [7, 11) is 1.54. The van der Waals surface area contributed by atoms with Gasteiger partial charge in [0.1, 0.15) is 24.3 Å². The van der Waals surface area contributed by atoms with Crippen LogP contribution in [0.3, 0.4) is 0 Å². The van der Waals surface area contributed by atoms with Crippen LogP contribution in [0.5, 0.6) is 11.5 Å². The standard InChI is InChI=1S/C24H16BrClFN3O2/c1-31-22-10-14(9-18(25)23(22)32-13-15-4-2-3-5-19(15)26)8-16(12-28)24-29-20-7-6-17(27)11-21(20)30-24/h2-11H,13H2,1H3,(H,29,30)/b16-8+. The minimum Gasteiger partial charge on any atom is -0.493 e. The normalized spacial score (nSPS) is 11.4. The third-order valence-corrected chi connectivity index (χ3v) is 5.67. The number of nitrogens with zero attached hydrogens (tertiary/aromatic N) is 2. The van der Waals surface area contributed by atoms with Gasteiger partial charge in [-0.3, -0.25) is 0 Å². The summed E-state index contributed by atoms with van der Waals surface area (Å²) < 4.78 is 25.6. The molecular formula is C24H16BrClFN3O2. The zero-order valence-electron chi connectivity index (χ0n) is 16.8. The lowest BCUT2D eigenvalue weighted by atomic mass is 10.1. The molecule has 1 N–H and O–H groups in total. The van der Waals surface area contributed by atoms with Gasteiger partial charge in [0.2, 0.25) is 0 Å². The molecule has 0 aliphatic carbocycles. The van der Waals surface area contributed by atoms with Gasteiger partial charge in [0.05, 0.1) is 28.2 Å². The second kappa shape index (κ2) is 9.43. The number of nitrogens with one attached hydrogen (secondary N) is 1. The van der Waals surface area contributed by atoms with E-state index in [1.165, 1.54) is 19.2 Å². The number of imidazole rings is 1. The van der Waals surface area contributed by atoms with Gasteiger partial charge in [0.15, 0.2) is 11.5 Å². The molecule has 1 aromatic heterocycles. The Balaban J connectivity index is 1.65. The van der Waals surface area contributed by atoms with Crippen LogP contribution in [0.1, 0.15) is 17.0 Å². The predicted molar refractivity (Wildman–Crippen MR) is 126 cm³/mol. The van der Waals surface area contributed by atoms with Crippen molar-refractivity contribution < 1.29 is 13.9 Å². The number of benzene rings is 3. The van der Waals surface area contributed by atoms with E-state index in [1.54, 1.807) is 24.3 Å². The Bertz CT molecular complexity index is 1380. The minimum absolute atomic E-state index is 0.267. The predicted octanol–water partition coefficient (Wildman–Crippen LogP) is 6.77. The highest BCUT2D eigenvalue weighted by molar-refractivity contribution is 9.10. The maximum atomic E-state index is 13.5. The molecule has 0 radical (unpaired) electrons. The van der Waals surface area contributed by atoms with Gasteiger partial charge in [-0.1, -0.05) is 29.8 Å². The number of hydrogen-bond acceptors (Lipinski definition) is 4. The molecule has 0 unspecified atom stereocenters. The van der Waals surface area contributed by atoms with Crippen LogP contribution in [-0.4, -0.2) is 17.1 Å². The van der Waals surface area contributed by atoms with Crippen molar-refractivity contribution in [3.63, 3.8) is 0 Å². The Hall–Kier alpha value is -3.34. The number of allylic oxidation sites excluding steroid dienone is 1. The van der Waals surface area contributed by atoms with Crippen LogP contribution < -0.4 is 9.47 Å². The fraction of sp³-hybridized carbons (Fsp3) is 0.0833. The molecule has 5 nitrogen and oxygen atoms in total. The largest absolute Gasteiger partial charge is 0.493 e. The lowest BCUT2D eigenvalue weighted by Crippen LogP contribution is -1.99. The van der Waals surface area contributed by atoms with E-state index in [4.69, 9.17) is 21.1 Å². The number of ether oxygens (including phenoxy) is 2. The molecule has 0 saturated carbocycles. The van der Waals surface area contributed by atoms with Gasteiger partial charge in [0, 0.05) is 10.6 Å². The Morgan fingerprint density at radius 2 is 2.06 bits per heavy atom. The van der Waals surface area contributed by atoms with Gasteiger partial charge in [-0.05, 0) is 64.0 Å². The van der Waals surface area contributed by atoms with E-state index in [1.807, 2.05) is 24.3 Å². The van der Waals surface area contributed by atoms with Crippen molar-refractivity contribution in [3.8, 4) is 17.6 Å². The summed E-state index contributed by atoms with van der Waals surface area (Å²) in [6, 6.07) is 17.4. The van der Waals surface area contributed by atoms with Crippen molar-refractivity contribution in [3.05, 3.63) is 86.9 Å². The van der Waals surface area contributed by atoms with Gasteiger partial charge >= 0.3 is 0 Å². The average Bonchev–Trinajstić information content (AvgIpc) is 3.20. The highest BCUT2D eigenvalue weighted by atomic mass is 79.9. The third-order valence-electron chi connectivity index (χ3n) is 4.71. The van der Waals surface area contributed by atoms with Crippen LogP contribution >= 0.6 is 27.5 Å². The van der Waals surface area contributed by atoms with Crippen LogP contribution in [0.25, 0.3) is 22.7 Å². The first kappa shape index (κ1) is 21.9. The van der Waals surface area contributed by atoms with Crippen molar-refractivity contribution in [2.45, 2.75) is 6.61 Å². The molecule has 32 heavy (non-hydrogen) atoms. The molecule has 0 atom stereocenters. The molecule has 1 heterocycles. The lowest BCUT2D eigenvalue weighted by Gasteiger charge is -2.14.